The van der Waals surface area contributed by atoms with E-state index in [1.807, 2.05) is 6.92 Å². The lowest BCUT2D eigenvalue weighted by Crippen LogP contribution is -2.50. The van der Waals surface area contributed by atoms with Crippen LogP contribution in [0.4, 0.5) is 0 Å². The molecule has 0 bridgehead atoms. The molecule has 0 aliphatic rings. The zero-order chi connectivity index (χ0) is 13.6. The first kappa shape index (κ1) is 15.2. The summed E-state index contributed by atoms with van der Waals surface area (Å²) in [5.41, 5.74) is 8.82. The molecule has 1 unspecified atom stereocenters. The maximum absolute atomic E-state index is 6.42. The van der Waals surface area contributed by atoms with E-state index in [-0.39, 0.29) is 11.6 Å². The highest BCUT2D eigenvalue weighted by Gasteiger charge is 2.33. The van der Waals surface area contributed by atoms with Crippen LogP contribution >= 0.6 is 0 Å². The van der Waals surface area contributed by atoms with Crippen LogP contribution in [0.5, 0.6) is 0 Å². The highest BCUT2D eigenvalue weighted by Crippen LogP contribution is 2.26. The third-order valence-corrected chi connectivity index (χ3v) is 3.84. The Labute approximate surface area is 112 Å². The summed E-state index contributed by atoms with van der Waals surface area (Å²) in [5, 5.41) is 0. The number of aryl methyl sites for hydroxylation is 1. The second kappa shape index (κ2) is 6.91. The van der Waals surface area contributed by atoms with Gasteiger partial charge in [-0.1, -0.05) is 43.7 Å². The predicted molar refractivity (Wildman–Crippen MR) is 77.8 cm³/mol. The zero-order valence-corrected chi connectivity index (χ0v) is 12.2. The predicted octanol–water partition coefficient (Wildman–Crippen LogP) is 3.46. The van der Waals surface area contributed by atoms with Crippen LogP contribution in [0, 0.1) is 6.92 Å². The average Bonchev–Trinajstić information content (AvgIpc) is 2.36. The van der Waals surface area contributed by atoms with E-state index in [4.69, 9.17) is 10.5 Å². The fourth-order valence-corrected chi connectivity index (χ4v) is 2.65. The van der Waals surface area contributed by atoms with Crippen LogP contribution in [0.25, 0.3) is 0 Å². The largest absolute Gasteiger partial charge is 0.374 e. The van der Waals surface area contributed by atoms with Crippen molar-refractivity contribution in [2.75, 3.05) is 6.61 Å². The highest BCUT2D eigenvalue weighted by atomic mass is 16.5. The minimum absolute atomic E-state index is 0.0502. The van der Waals surface area contributed by atoms with Crippen LogP contribution in [0.3, 0.4) is 0 Å². The van der Waals surface area contributed by atoms with Crippen molar-refractivity contribution < 1.29 is 4.74 Å². The van der Waals surface area contributed by atoms with Crippen LogP contribution < -0.4 is 5.73 Å². The average molecular weight is 249 g/mol. The molecule has 102 valence electrons. The number of ether oxygens (including phenoxy) is 1. The molecule has 18 heavy (non-hydrogen) atoms. The van der Waals surface area contributed by atoms with E-state index in [0.29, 0.717) is 0 Å². The van der Waals surface area contributed by atoms with E-state index in [9.17, 15) is 0 Å². The molecule has 1 aromatic rings. The van der Waals surface area contributed by atoms with Gasteiger partial charge in [-0.05, 0) is 38.7 Å². The molecule has 0 radical (unpaired) electrons. The smallest absolute Gasteiger partial charge is 0.0830 e. The first-order valence-corrected chi connectivity index (χ1v) is 7.03. The van der Waals surface area contributed by atoms with Gasteiger partial charge >= 0.3 is 0 Å². The van der Waals surface area contributed by atoms with Gasteiger partial charge in [0, 0.05) is 12.6 Å². The molecule has 1 atom stereocenters. The minimum Gasteiger partial charge on any atom is -0.374 e. The molecule has 0 aliphatic carbocycles. The lowest BCUT2D eigenvalue weighted by Gasteiger charge is -2.37. The van der Waals surface area contributed by atoms with Crippen LogP contribution in [0.2, 0.25) is 0 Å². The molecule has 0 saturated carbocycles. The van der Waals surface area contributed by atoms with Crippen LogP contribution in [0.1, 0.15) is 44.7 Å². The molecule has 0 aromatic heterocycles. The van der Waals surface area contributed by atoms with Gasteiger partial charge < -0.3 is 10.5 Å². The Balaban J connectivity index is 2.81. The molecule has 1 aromatic carbocycles. The normalized spacial score (nSPS) is 13.6. The van der Waals surface area contributed by atoms with Crippen molar-refractivity contribution in [1.82, 2.24) is 0 Å². The number of hydrogen-bond acceptors (Lipinski definition) is 2. The summed E-state index contributed by atoms with van der Waals surface area (Å²) in [4.78, 5) is 0. The van der Waals surface area contributed by atoms with Crippen molar-refractivity contribution in [2.45, 2.75) is 58.6 Å². The maximum atomic E-state index is 6.42. The van der Waals surface area contributed by atoms with Gasteiger partial charge in [-0.15, -0.1) is 0 Å². The molecule has 2 nitrogen and oxygen atoms in total. The quantitative estimate of drug-likeness (QED) is 0.803. The molecule has 0 heterocycles. The van der Waals surface area contributed by atoms with Crippen LogP contribution in [-0.2, 0) is 11.2 Å². The lowest BCUT2D eigenvalue weighted by atomic mass is 9.85. The van der Waals surface area contributed by atoms with E-state index < -0.39 is 0 Å². The SMILES string of the molecule is CCOC(CC)(CC)C(N)Cc1cccc(C)c1. The van der Waals surface area contributed by atoms with E-state index in [2.05, 4.69) is 45.0 Å². The van der Waals surface area contributed by atoms with Crippen LogP contribution in [-0.4, -0.2) is 18.2 Å². The van der Waals surface area contributed by atoms with E-state index in [1.165, 1.54) is 11.1 Å². The zero-order valence-electron chi connectivity index (χ0n) is 12.2. The number of nitrogens with two attached hydrogens (primary N) is 1. The van der Waals surface area contributed by atoms with Crippen molar-refractivity contribution in [3.63, 3.8) is 0 Å². The second-order valence-corrected chi connectivity index (χ2v) is 5.00. The topological polar surface area (TPSA) is 35.2 Å². The summed E-state index contributed by atoms with van der Waals surface area (Å²) < 4.78 is 5.97. The Morgan fingerprint density at radius 3 is 2.39 bits per heavy atom. The van der Waals surface area contributed by atoms with Crippen molar-refractivity contribution in [3.05, 3.63) is 35.4 Å². The Hall–Kier alpha value is -0.860. The summed E-state index contributed by atoms with van der Waals surface area (Å²) in [6, 6.07) is 8.62. The molecule has 2 heteroatoms. The first-order valence-electron chi connectivity index (χ1n) is 7.03. The monoisotopic (exact) mass is 249 g/mol. The van der Waals surface area contributed by atoms with E-state index in [1.54, 1.807) is 0 Å². The lowest BCUT2D eigenvalue weighted by molar-refractivity contribution is -0.0633. The summed E-state index contributed by atoms with van der Waals surface area (Å²) in [6.07, 6.45) is 2.80. The summed E-state index contributed by atoms with van der Waals surface area (Å²) >= 11 is 0. The molecular formula is C16H27NO. The number of benzene rings is 1. The summed E-state index contributed by atoms with van der Waals surface area (Å²) in [6.45, 7) is 9.21. The fourth-order valence-electron chi connectivity index (χ4n) is 2.65. The minimum atomic E-state index is -0.182. The highest BCUT2D eigenvalue weighted by molar-refractivity contribution is 5.23. The van der Waals surface area contributed by atoms with Crippen LogP contribution in [0.15, 0.2) is 24.3 Å². The maximum Gasteiger partial charge on any atom is 0.0830 e. The van der Waals surface area contributed by atoms with Gasteiger partial charge in [-0.2, -0.15) is 0 Å². The van der Waals surface area contributed by atoms with Crippen molar-refractivity contribution in [3.8, 4) is 0 Å². The van der Waals surface area contributed by atoms with Gasteiger partial charge in [0.05, 0.1) is 5.60 Å². The molecule has 0 spiro atoms. The van der Waals surface area contributed by atoms with Gasteiger partial charge in [0.15, 0.2) is 0 Å². The molecule has 2 N–H and O–H groups in total. The summed E-state index contributed by atoms with van der Waals surface area (Å²) in [5.74, 6) is 0. The Morgan fingerprint density at radius 2 is 1.89 bits per heavy atom. The molecular weight excluding hydrogens is 222 g/mol. The summed E-state index contributed by atoms with van der Waals surface area (Å²) in [7, 11) is 0. The molecule has 0 saturated heterocycles. The molecule has 0 amide bonds. The fraction of sp³-hybridized carbons (Fsp3) is 0.625. The molecule has 0 aliphatic heterocycles. The van der Waals surface area contributed by atoms with Gasteiger partial charge in [0.1, 0.15) is 0 Å². The Bertz CT molecular complexity index is 358. The van der Waals surface area contributed by atoms with Crippen molar-refractivity contribution >= 4 is 0 Å². The number of rotatable bonds is 7. The first-order chi connectivity index (χ1) is 8.57. The Kier molecular flexibility index (Phi) is 5.83. The molecule has 1 rings (SSSR count). The Morgan fingerprint density at radius 1 is 1.22 bits per heavy atom. The van der Waals surface area contributed by atoms with E-state index in [0.717, 1.165) is 25.9 Å². The van der Waals surface area contributed by atoms with Crippen molar-refractivity contribution in [2.24, 2.45) is 5.73 Å². The van der Waals surface area contributed by atoms with Gasteiger partial charge in [0.2, 0.25) is 0 Å². The third kappa shape index (κ3) is 3.56. The standard InChI is InChI=1S/C16H27NO/c1-5-16(6-2,18-7-3)15(17)12-14-10-8-9-13(4)11-14/h8-11,15H,5-7,12,17H2,1-4H3. The molecule has 0 fully saturated rings. The van der Waals surface area contributed by atoms with Gasteiger partial charge in [-0.25, -0.2) is 0 Å². The van der Waals surface area contributed by atoms with E-state index >= 15 is 0 Å². The van der Waals surface area contributed by atoms with Gasteiger partial charge in [-0.3, -0.25) is 0 Å². The van der Waals surface area contributed by atoms with Gasteiger partial charge in [0.25, 0.3) is 0 Å². The third-order valence-electron chi connectivity index (χ3n) is 3.84. The number of hydrogen-bond donors (Lipinski definition) is 1. The van der Waals surface area contributed by atoms with Crippen molar-refractivity contribution in [1.29, 1.82) is 0 Å². The second-order valence-electron chi connectivity index (χ2n) is 5.00.